The molecule has 5 rings (SSSR count). The molecule has 4 heterocycles. The summed E-state index contributed by atoms with van der Waals surface area (Å²) in [4.78, 5) is 18.4. The monoisotopic (exact) mass is 368 g/mol. The average Bonchev–Trinajstić information content (AvgIpc) is 3.05. The topological polar surface area (TPSA) is 74.8 Å². The second kappa shape index (κ2) is 6.02. The van der Waals surface area contributed by atoms with Crippen LogP contribution in [0, 0.1) is 11.8 Å². The molecule has 4 atom stereocenters. The van der Waals surface area contributed by atoms with Crippen LogP contribution in [0.15, 0.2) is 30.0 Å². The van der Waals surface area contributed by atoms with Crippen LogP contribution in [0.25, 0.3) is 10.9 Å². The molecule has 0 aliphatic carbocycles. The molecule has 27 heavy (non-hydrogen) atoms. The number of carbonyl (C=O) groups is 1. The quantitative estimate of drug-likeness (QED) is 0.757. The van der Waals surface area contributed by atoms with Crippen molar-refractivity contribution in [3.8, 4) is 5.75 Å². The summed E-state index contributed by atoms with van der Waals surface area (Å²) in [5.41, 5.74) is 4.24. The highest BCUT2D eigenvalue weighted by Gasteiger charge is 2.46. The molecular weight excluding hydrogens is 344 g/mol. The third-order valence-corrected chi connectivity index (χ3v) is 6.62. The number of hydrogen-bond acceptors (Lipinski definition) is 5. The van der Waals surface area contributed by atoms with E-state index in [4.69, 9.17) is 9.47 Å². The minimum Gasteiger partial charge on any atom is -0.508 e. The van der Waals surface area contributed by atoms with Crippen molar-refractivity contribution < 1.29 is 19.4 Å². The van der Waals surface area contributed by atoms with Crippen molar-refractivity contribution >= 4 is 16.9 Å². The summed E-state index contributed by atoms with van der Waals surface area (Å²) in [6.45, 7) is 3.97. The van der Waals surface area contributed by atoms with Crippen molar-refractivity contribution in [3.63, 3.8) is 0 Å². The third kappa shape index (κ3) is 2.46. The van der Waals surface area contributed by atoms with E-state index >= 15 is 0 Å². The lowest BCUT2D eigenvalue weighted by Gasteiger charge is -2.49. The Morgan fingerprint density at radius 2 is 2.26 bits per heavy atom. The van der Waals surface area contributed by atoms with Crippen LogP contribution in [0.2, 0.25) is 0 Å². The second-order valence-electron chi connectivity index (χ2n) is 7.92. The lowest BCUT2D eigenvalue weighted by atomic mass is 9.72. The number of phenols is 1. The van der Waals surface area contributed by atoms with E-state index in [1.807, 2.05) is 12.1 Å². The molecule has 0 amide bonds. The number of carbonyl (C=O) groups excluding carboxylic acids is 1. The molecule has 0 radical (unpaired) electrons. The summed E-state index contributed by atoms with van der Waals surface area (Å²) in [6.07, 6.45) is 3.53. The van der Waals surface area contributed by atoms with Gasteiger partial charge in [-0.15, -0.1) is 0 Å². The van der Waals surface area contributed by atoms with Crippen LogP contribution in [0.5, 0.6) is 5.75 Å². The number of nitrogens with one attached hydrogen (secondary N) is 1. The Balaban J connectivity index is 1.55. The Bertz CT molecular complexity index is 947. The van der Waals surface area contributed by atoms with Crippen molar-refractivity contribution in [1.82, 2.24) is 9.88 Å². The molecule has 0 saturated carbocycles. The number of piperidine rings is 1. The number of benzene rings is 1. The number of aromatic hydroxyl groups is 1. The molecule has 142 valence electrons. The number of aromatic nitrogens is 1. The largest absolute Gasteiger partial charge is 0.508 e. The number of methoxy groups -OCH3 is 1. The number of esters is 1. The molecule has 1 saturated heterocycles. The van der Waals surface area contributed by atoms with E-state index in [-0.39, 0.29) is 30.0 Å². The van der Waals surface area contributed by atoms with Crippen molar-refractivity contribution in [2.45, 2.75) is 31.9 Å². The normalized spacial score (nSPS) is 29.9. The first-order valence-electron chi connectivity index (χ1n) is 9.58. The van der Waals surface area contributed by atoms with Gasteiger partial charge in [-0.05, 0) is 43.5 Å². The van der Waals surface area contributed by atoms with Gasteiger partial charge in [-0.3, -0.25) is 4.90 Å². The summed E-state index contributed by atoms with van der Waals surface area (Å²) in [5, 5.41) is 11.0. The fourth-order valence-corrected chi connectivity index (χ4v) is 5.22. The Morgan fingerprint density at radius 3 is 3.07 bits per heavy atom. The number of rotatable bonds is 1. The van der Waals surface area contributed by atoms with Crippen molar-refractivity contribution in [2.24, 2.45) is 11.8 Å². The summed E-state index contributed by atoms with van der Waals surface area (Å²) in [5.74, 6) is 0.427. The first-order chi connectivity index (χ1) is 13.1. The van der Waals surface area contributed by atoms with Gasteiger partial charge in [-0.2, -0.15) is 0 Å². The van der Waals surface area contributed by atoms with Crippen molar-refractivity contribution in [3.05, 3.63) is 41.3 Å². The Morgan fingerprint density at radius 1 is 1.41 bits per heavy atom. The highest BCUT2D eigenvalue weighted by Crippen LogP contribution is 2.47. The van der Waals surface area contributed by atoms with E-state index in [0.29, 0.717) is 11.3 Å². The maximum Gasteiger partial charge on any atom is 0.337 e. The fraction of sp³-hybridized carbons (Fsp3) is 0.476. The van der Waals surface area contributed by atoms with Crippen LogP contribution in [-0.2, 0) is 20.7 Å². The number of phenolic OH excluding ortho intramolecular Hbond substituents is 1. The Hall–Kier alpha value is -2.47. The molecule has 6 nitrogen and oxygen atoms in total. The predicted molar refractivity (Wildman–Crippen MR) is 100 cm³/mol. The molecule has 0 spiro atoms. The number of aromatic amines is 1. The third-order valence-electron chi connectivity index (χ3n) is 6.62. The van der Waals surface area contributed by atoms with Gasteiger partial charge in [0.15, 0.2) is 0 Å². The standard InChI is InChI=1S/C21H24N2O4/c1-11-16-9-23-6-5-13-15-7-12(24)3-4-18(15)22-20(13)19(23)8-14(16)17(10-27-11)21(25)26-2/h3-4,7,10-11,14,16,19,22,24H,5-6,8-9H2,1-2H3. The second-order valence-corrected chi connectivity index (χ2v) is 7.92. The van der Waals surface area contributed by atoms with Gasteiger partial charge in [0, 0.05) is 41.5 Å². The molecule has 1 aromatic carbocycles. The predicted octanol–water partition coefficient (Wildman–Crippen LogP) is 2.88. The first-order valence-corrected chi connectivity index (χ1v) is 9.58. The van der Waals surface area contributed by atoms with Crippen molar-refractivity contribution in [1.29, 1.82) is 0 Å². The minimum absolute atomic E-state index is 0.0883. The van der Waals surface area contributed by atoms with Gasteiger partial charge in [0.1, 0.15) is 5.75 Å². The molecule has 2 aromatic rings. The zero-order valence-electron chi connectivity index (χ0n) is 15.6. The highest BCUT2D eigenvalue weighted by atomic mass is 16.5. The first kappa shape index (κ1) is 16.7. The molecule has 4 unspecified atom stereocenters. The summed E-state index contributed by atoms with van der Waals surface area (Å²) >= 11 is 0. The molecule has 0 bridgehead atoms. The maximum atomic E-state index is 12.3. The van der Waals surface area contributed by atoms with E-state index in [1.165, 1.54) is 18.4 Å². The average molecular weight is 368 g/mol. The molecule has 3 aliphatic heterocycles. The summed E-state index contributed by atoms with van der Waals surface area (Å²) in [6, 6.07) is 5.75. The molecule has 1 aromatic heterocycles. The van der Waals surface area contributed by atoms with Gasteiger partial charge in [-0.1, -0.05) is 0 Å². The molecule has 3 aliphatic rings. The van der Waals surface area contributed by atoms with Gasteiger partial charge < -0.3 is 19.6 Å². The van der Waals surface area contributed by atoms with E-state index in [0.717, 1.165) is 36.8 Å². The zero-order chi connectivity index (χ0) is 18.7. The van der Waals surface area contributed by atoms with Gasteiger partial charge >= 0.3 is 5.97 Å². The van der Waals surface area contributed by atoms with Gasteiger partial charge in [0.2, 0.25) is 0 Å². The van der Waals surface area contributed by atoms with Crippen LogP contribution in [-0.4, -0.2) is 47.3 Å². The van der Waals surface area contributed by atoms with Gasteiger partial charge in [-0.25, -0.2) is 4.79 Å². The zero-order valence-corrected chi connectivity index (χ0v) is 15.6. The lowest BCUT2D eigenvalue weighted by Crippen LogP contribution is -2.51. The van der Waals surface area contributed by atoms with Crippen LogP contribution in [0.4, 0.5) is 0 Å². The summed E-state index contributed by atoms with van der Waals surface area (Å²) in [7, 11) is 1.42. The number of H-pyrrole nitrogens is 1. The van der Waals surface area contributed by atoms with Gasteiger partial charge in [0.25, 0.3) is 0 Å². The van der Waals surface area contributed by atoms with E-state index in [2.05, 4.69) is 16.8 Å². The fourth-order valence-electron chi connectivity index (χ4n) is 5.22. The Labute approximate surface area is 157 Å². The van der Waals surface area contributed by atoms with E-state index < -0.39 is 0 Å². The molecule has 1 fully saturated rings. The van der Waals surface area contributed by atoms with E-state index in [9.17, 15) is 9.90 Å². The Kier molecular flexibility index (Phi) is 3.72. The van der Waals surface area contributed by atoms with Crippen molar-refractivity contribution in [2.75, 3.05) is 20.2 Å². The smallest absolute Gasteiger partial charge is 0.337 e. The number of ether oxygens (including phenoxy) is 2. The number of nitrogens with zero attached hydrogens (tertiary/aromatic N) is 1. The highest BCUT2D eigenvalue weighted by molar-refractivity contribution is 5.89. The molecule has 6 heteroatoms. The van der Waals surface area contributed by atoms with Gasteiger partial charge in [0.05, 0.1) is 31.1 Å². The van der Waals surface area contributed by atoms with Crippen LogP contribution >= 0.6 is 0 Å². The maximum absolute atomic E-state index is 12.3. The minimum atomic E-state index is -0.289. The van der Waals surface area contributed by atoms with E-state index in [1.54, 1.807) is 12.3 Å². The summed E-state index contributed by atoms with van der Waals surface area (Å²) < 4.78 is 10.8. The number of fused-ring (bicyclic) bond motifs is 6. The lowest BCUT2D eigenvalue weighted by molar-refractivity contribution is -0.139. The van der Waals surface area contributed by atoms with Crippen LogP contribution in [0.1, 0.15) is 30.6 Å². The molecular formula is C21H24N2O4. The molecule has 2 N–H and O–H groups in total. The SMILES string of the molecule is COC(=O)C1=COC(C)C2CN3CCc4c([nH]c5ccc(O)cc45)C3CC12. The number of hydrogen-bond donors (Lipinski definition) is 2. The van der Waals surface area contributed by atoms with Crippen LogP contribution < -0.4 is 0 Å². The van der Waals surface area contributed by atoms with Crippen LogP contribution in [0.3, 0.4) is 0 Å².